The molecule has 0 aromatic heterocycles. The van der Waals surface area contributed by atoms with E-state index < -0.39 is 18.4 Å². The molecule has 2 N–H and O–H groups in total. The van der Waals surface area contributed by atoms with Gasteiger partial charge in [-0.25, -0.2) is 0 Å². The van der Waals surface area contributed by atoms with Gasteiger partial charge in [0.15, 0.2) is 17.4 Å². The van der Waals surface area contributed by atoms with Gasteiger partial charge in [-0.05, 0) is 0 Å². The van der Waals surface area contributed by atoms with E-state index >= 15 is 0 Å². The number of hydrogen-bond donors (Lipinski definition) is 2. The highest BCUT2D eigenvalue weighted by Crippen LogP contribution is 1.74. The smallest absolute Gasteiger partial charge is 0.314 e. The van der Waals surface area contributed by atoms with Gasteiger partial charge in [0.25, 0.3) is 0 Å². The van der Waals surface area contributed by atoms with Crippen LogP contribution < -0.4 is 0 Å². The fourth-order valence-electron chi connectivity index (χ4n) is 0.129. The van der Waals surface area contributed by atoms with Crippen LogP contribution in [0.2, 0.25) is 0 Å². The molecular weight excluding hydrogens is 127 g/mol. The second-order valence-electron chi connectivity index (χ2n) is 0.964. The molecule has 0 fully saturated rings. The van der Waals surface area contributed by atoms with Crippen molar-refractivity contribution in [2.24, 2.45) is 0 Å². The summed E-state index contributed by atoms with van der Waals surface area (Å²) in [6, 6.07) is 0. The molecule has 5 heteroatoms. The fraction of sp³-hybridized carbons (Fsp3) is 0.333. The van der Waals surface area contributed by atoms with Gasteiger partial charge in [-0.2, -0.15) is 0 Å². The third-order valence-corrected chi connectivity index (χ3v) is 0.302. The van der Waals surface area contributed by atoms with Crippen LogP contribution in [0.3, 0.4) is 0 Å². The predicted molar refractivity (Wildman–Crippen MR) is 29.8 cm³/mol. The van der Waals surface area contributed by atoms with E-state index in [2.05, 4.69) is 0 Å². The van der Waals surface area contributed by atoms with Crippen molar-refractivity contribution in [3.63, 3.8) is 0 Å². The van der Waals surface area contributed by atoms with Gasteiger partial charge < -0.3 is 10.2 Å². The molecule has 0 aliphatic heterocycles. The van der Waals surface area contributed by atoms with Crippen LogP contribution in [-0.4, -0.2) is 39.5 Å². The summed E-state index contributed by atoms with van der Waals surface area (Å²) in [6.45, 7) is 0. The van der Waals surface area contributed by atoms with E-state index in [0.717, 1.165) is 0 Å². The third-order valence-electron chi connectivity index (χ3n) is 0.302. The average Bonchev–Trinajstić information content (AvgIpc) is 1.27. The highest BCUT2D eigenvalue weighted by molar-refractivity contribution is 5.88. The van der Waals surface area contributed by atoms with Gasteiger partial charge in [0, 0.05) is 0 Å². The van der Waals surface area contributed by atoms with Crippen LogP contribution in [0.15, 0.2) is 0 Å². The monoisotopic (exact) mass is 134 g/mol. The summed E-state index contributed by atoms with van der Waals surface area (Å²) in [6.07, 6.45) is -0.806. The standard InChI is InChI=1S/C3H4O4.Al.3H/c4-2(5)1-3(6)7;;;;/h1H2,(H,4,5)(H,6,7);;;;. The van der Waals surface area contributed by atoms with Gasteiger partial charge in [-0.3, -0.25) is 9.59 Å². The summed E-state index contributed by atoms with van der Waals surface area (Å²) in [5.74, 6) is -2.62. The lowest BCUT2D eigenvalue weighted by Gasteiger charge is -1.80. The number of carboxylic acids is 2. The topological polar surface area (TPSA) is 74.6 Å². The maximum Gasteiger partial charge on any atom is 0.314 e. The quantitative estimate of drug-likeness (QED) is 0.351. The Bertz CT molecular complexity index is 87.5. The molecule has 0 radical (unpaired) electrons. The molecule has 0 spiro atoms. The van der Waals surface area contributed by atoms with Crippen molar-refractivity contribution in [2.45, 2.75) is 6.42 Å². The zero-order valence-corrected chi connectivity index (χ0v) is 3.42. The van der Waals surface area contributed by atoms with Gasteiger partial charge in [0.1, 0.15) is 6.42 Å². The minimum Gasteiger partial charge on any atom is -0.481 e. The molecule has 4 nitrogen and oxygen atoms in total. The zero-order chi connectivity index (χ0) is 5.86. The van der Waals surface area contributed by atoms with E-state index in [1.807, 2.05) is 0 Å². The number of rotatable bonds is 2. The van der Waals surface area contributed by atoms with Crippen LogP contribution in [0.1, 0.15) is 6.42 Å². The van der Waals surface area contributed by atoms with Crippen molar-refractivity contribution in [3.8, 4) is 0 Å². The van der Waals surface area contributed by atoms with Crippen LogP contribution in [0.5, 0.6) is 0 Å². The number of carbonyl (C=O) groups is 2. The van der Waals surface area contributed by atoms with Crippen LogP contribution in [-0.2, 0) is 9.59 Å². The first-order valence-corrected chi connectivity index (χ1v) is 1.56. The Hall–Kier alpha value is -0.528. The Morgan fingerprint density at radius 3 is 1.38 bits per heavy atom. The van der Waals surface area contributed by atoms with Gasteiger partial charge in [-0.1, -0.05) is 0 Å². The number of hydrogen-bond acceptors (Lipinski definition) is 2. The molecule has 0 aromatic rings. The Labute approximate surface area is 56.3 Å². The zero-order valence-electron chi connectivity index (χ0n) is 3.42. The Morgan fingerprint density at radius 2 is 1.38 bits per heavy atom. The largest absolute Gasteiger partial charge is 0.481 e. The molecule has 0 amide bonds. The lowest BCUT2D eigenvalue weighted by Crippen LogP contribution is -2.03. The predicted octanol–water partition coefficient (Wildman–Crippen LogP) is -1.64. The molecule has 0 unspecified atom stereocenters. The molecule has 0 aliphatic rings. The number of aliphatic carboxylic acids is 2. The molecule has 0 aliphatic carbocycles. The van der Waals surface area contributed by atoms with Crippen LogP contribution in [0.25, 0.3) is 0 Å². The molecule has 0 atom stereocenters. The van der Waals surface area contributed by atoms with E-state index in [1.54, 1.807) is 0 Å². The molecular formula is C3H7AlO4. The van der Waals surface area contributed by atoms with Crippen LogP contribution >= 0.6 is 0 Å². The molecule has 0 bridgehead atoms. The van der Waals surface area contributed by atoms with E-state index in [1.165, 1.54) is 0 Å². The first kappa shape index (κ1) is 10.5. The maximum atomic E-state index is 9.43. The second-order valence-corrected chi connectivity index (χ2v) is 0.964. The van der Waals surface area contributed by atoms with E-state index in [0.29, 0.717) is 0 Å². The highest BCUT2D eigenvalue weighted by Gasteiger charge is 2.01. The normalized spacial score (nSPS) is 7.00. The van der Waals surface area contributed by atoms with E-state index in [-0.39, 0.29) is 17.4 Å². The van der Waals surface area contributed by atoms with Gasteiger partial charge in [0.05, 0.1) is 0 Å². The minimum absolute atomic E-state index is 0. The minimum atomic E-state index is -1.31. The molecule has 8 heavy (non-hydrogen) atoms. The number of carboxylic acid groups (broad SMARTS) is 2. The molecule has 0 heterocycles. The summed E-state index contributed by atoms with van der Waals surface area (Å²) in [7, 11) is 0. The van der Waals surface area contributed by atoms with Crippen molar-refractivity contribution in [2.75, 3.05) is 0 Å². The first-order chi connectivity index (χ1) is 3.13. The summed E-state index contributed by atoms with van der Waals surface area (Å²) >= 11 is 0. The Morgan fingerprint density at radius 1 is 1.12 bits per heavy atom. The molecule has 0 saturated heterocycles. The first-order valence-electron chi connectivity index (χ1n) is 1.56. The summed E-state index contributed by atoms with van der Waals surface area (Å²) in [5, 5.41) is 15.4. The van der Waals surface area contributed by atoms with Gasteiger partial charge in [0.2, 0.25) is 0 Å². The molecule has 0 rings (SSSR count). The fourth-order valence-corrected chi connectivity index (χ4v) is 0.129. The van der Waals surface area contributed by atoms with Crippen molar-refractivity contribution < 1.29 is 19.8 Å². The van der Waals surface area contributed by atoms with Gasteiger partial charge in [-0.15, -0.1) is 0 Å². The summed E-state index contributed by atoms with van der Waals surface area (Å²) < 4.78 is 0. The van der Waals surface area contributed by atoms with E-state index in [4.69, 9.17) is 10.2 Å². The Kier molecular flexibility index (Phi) is 6.05. The average molecular weight is 134 g/mol. The van der Waals surface area contributed by atoms with Crippen molar-refractivity contribution in [1.29, 1.82) is 0 Å². The Balaban J connectivity index is 0. The summed E-state index contributed by atoms with van der Waals surface area (Å²) in [5.41, 5.74) is 0. The third kappa shape index (κ3) is 9.08. The second kappa shape index (κ2) is 4.63. The van der Waals surface area contributed by atoms with Crippen molar-refractivity contribution in [3.05, 3.63) is 0 Å². The lowest BCUT2D eigenvalue weighted by molar-refractivity contribution is -0.147. The lowest BCUT2D eigenvalue weighted by atomic mass is 10.5. The molecule has 0 saturated carbocycles. The van der Waals surface area contributed by atoms with Crippen molar-refractivity contribution >= 4 is 29.3 Å². The van der Waals surface area contributed by atoms with Crippen LogP contribution in [0, 0.1) is 0 Å². The van der Waals surface area contributed by atoms with E-state index in [9.17, 15) is 9.59 Å². The molecule has 46 valence electrons. The SMILES string of the molecule is O=C(O)CC(=O)O.[AlH3]. The summed E-state index contributed by atoms with van der Waals surface area (Å²) in [4.78, 5) is 18.9. The molecule has 0 aromatic carbocycles. The maximum absolute atomic E-state index is 9.43. The highest BCUT2D eigenvalue weighted by atomic mass is 27.0. The van der Waals surface area contributed by atoms with Gasteiger partial charge >= 0.3 is 11.9 Å². The van der Waals surface area contributed by atoms with Crippen molar-refractivity contribution in [1.82, 2.24) is 0 Å². The van der Waals surface area contributed by atoms with Crippen LogP contribution in [0.4, 0.5) is 0 Å².